The van der Waals surface area contributed by atoms with Crippen LogP contribution in [0.15, 0.2) is 40.7 Å². The van der Waals surface area contributed by atoms with Crippen molar-refractivity contribution in [3.8, 4) is 23.8 Å². The molecule has 3 aromatic rings. The Morgan fingerprint density at radius 2 is 2.15 bits per heavy atom. The third kappa shape index (κ3) is 3.29. The summed E-state index contributed by atoms with van der Waals surface area (Å²) in [7, 11) is 0. The molecule has 1 aliphatic heterocycles. The van der Waals surface area contributed by atoms with Gasteiger partial charge >= 0.3 is 0 Å². The molecule has 1 aromatic carbocycles. The average Bonchev–Trinajstić information content (AvgIpc) is 3.27. The molecule has 0 atom stereocenters. The average molecular weight is 382 g/mol. The number of ether oxygens (including phenoxy) is 2. The molecule has 7 heteroatoms. The predicted molar refractivity (Wildman–Crippen MR) is 104 cm³/mol. The highest BCUT2D eigenvalue weighted by atomic mass is 32.1. The smallest absolute Gasteiger partial charge is 0.272 e. The van der Waals surface area contributed by atoms with Crippen molar-refractivity contribution in [1.29, 1.82) is 0 Å². The van der Waals surface area contributed by atoms with Crippen molar-refractivity contribution in [2.75, 3.05) is 13.2 Å². The third-order valence-electron chi connectivity index (χ3n) is 3.74. The van der Waals surface area contributed by atoms with Crippen LogP contribution in [0.25, 0.3) is 16.3 Å². The van der Waals surface area contributed by atoms with Gasteiger partial charge in [-0.05, 0) is 17.5 Å². The zero-order valence-corrected chi connectivity index (χ0v) is 15.3. The Morgan fingerprint density at radius 3 is 2.88 bits per heavy atom. The summed E-state index contributed by atoms with van der Waals surface area (Å²) in [4.78, 5) is 18.0. The lowest BCUT2D eigenvalue weighted by molar-refractivity contribution is -0.113. The minimum Gasteiger partial charge on any atom is -0.486 e. The lowest BCUT2D eigenvalue weighted by Gasteiger charge is -2.18. The fraction of sp³-hybridized carbons (Fsp3) is 0.158. The molecule has 0 spiro atoms. The van der Waals surface area contributed by atoms with E-state index in [1.54, 1.807) is 17.4 Å². The van der Waals surface area contributed by atoms with E-state index in [1.165, 1.54) is 17.4 Å². The van der Waals surface area contributed by atoms with Crippen LogP contribution in [0.2, 0.25) is 0 Å². The van der Waals surface area contributed by atoms with Gasteiger partial charge in [-0.15, -0.1) is 17.8 Å². The third-order valence-corrected chi connectivity index (χ3v) is 5.61. The number of thiophene rings is 1. The second-order valence-corrected chi connectivity index (χ2v) is 7.43. The standard InChI is InChI=1S/C19H14N2O3S2/c1-2-7-21-14-11-15-16(24-9-8-23-15)12-17(14)26-19(21)20-18(22)6-5-13-4-3-10-25-13/h1,3-6,10-12H,7-9H2. The van der Waals surface area contributed by atoms with E-state index in [0.29, 0.717) is 36.1 Å². The first-order chi connectivity index (χ1) is 12.7. The van der Waals surface area contributed by atoms with Crippen molar-refractivity contribution >= 4 is 44.9 Å². The Morgan fingerprint density at radius 1 is 1.35 bits per heavy atom. The molecule has 1 amide bonds. The minimum atomic E-state index is -0.326. The largest absolute Gasteiger partial charge is 0.486 e. The molecule has 0 N–H and O–H groups in total. The number of fused-ring (bicyclic) bond motifs is 2. The Bertz CT molecular complexity index is 1100. The summed E-state index contributed by atoms with van der Waals surface area (Å²) in [6.07, 6.45) is 8.74. The van der Waals surface area contributed by atoms with Gasteiger partial charge in [0.05, 0.1) is 16.8 Å². The number of benzene rings is 1. The molecule has 0 radical (unpaired) electrons. The maximum atomic E-state index is 12.2. The lowest BCUT2D eigenvalue weighted by Crippen LogP contribution is -2.17. The van der Waals surface area contributed by atoms with E-state index in [9.17, 15) is 4.79 Å². The Kier molecular flexibility index (Phi) is 4.61. The molecule has 2 aromatic heterocycles. The van der Waals surface area contributed by atoms with Crippen LogP contribution >= 0.6 is 22.7 Å². The molecular weight excluding hydrogens is 368 g/mol. The van der Waals surface area contributed by atoms with Crippen LogP contribution in [0.4, 0.5) is 0 Å². The number of terminal acetylenes is 1. The molecule has 3 heterocycles. The number of carbonyl (C=O) groups is 1. The molecule has 0 saturated heterocycles. The van der Waals surface area contributed by atoms with E-state index >= 15 is 0 Å². The number of aromatic nitrogens is 1. The topological polar surface area (TPSA) is 52.8 Å². The molecule has 0 unspecified atom stereocenters. The number of nitrogens with zero attached hydrogens (tertiary/aromatic N) is 2. The second-order valence-electron chi connectivity index (χ2n) is 5.44. The summed E-state index contributed by atoms with van der Waals surface area (Å²) in [6, 6.07) is 7.68. The highest BCUT2D eigenvalue weighted by Gasteiger charge is 2.16. The van der Waals surface area contributed by atoms with Crippen LogP contribution in [0.1, 0.15) is 4.88 Å². The number of hydrogen-bond donors (Lipinski definition) is 0. The van der Waals surface area contributed by atoms with E-state index in [1.807, 2.05) is 34.2 Å². The second kappa shape index (κ2) is 7.20. The molecule has 0 aliphatic carbocycles. The summed E-state index contributed by atoms with van der Waals surface area (Å²) in [5.74, 6) is 3.68. The van der Waals surface area contributed by atoms with Gasteiger partial charge < -0.3 is 14.0 Å². The summed E-state index contributed by atoms with van der Waals surface area (Å²) in [6.45, 7) is 1.36. The number of amides is 1. The van der Waals surface area contributed by atoms with Crippen molar-refractivity contribution in [3.05, 3.63) is 45.4 Å². The first kappa shape index (κ1) is 16.6. The molecule has 0 bridgehead atoms. The van der Waals surface area contributed by atoms with Gasteiger partial charge in [0.15, 0.2) is 16.3 Å². The summed E-state index contributed by atoms with van der Waals surface area (Å²) in [5.41, 5.74) is 0.881. The SMILES string of the molecule is C#CCn1c(=NC(=O)C=Cc2cccs2)sc2cc3c(cc21)OCCO3. The molecular formula is C19H14N2O3S2. The first-order valence-corrected chi connectivity index (χ1v) is 9.61. The van der Waals surface area contributed by atoms with Crippen LogP contribution in [0.3, 0.4) is 0 Å². The molecule has 0 saturated carbocycles. The van der Waals surface area contributed by atoms with Gasteiger partial charge in [-0.1, -0.05) is 23.3 Å². The number of thiazole rings is 1. The fourth-order valence-corrected chi connectivity index (χ4v) is 4.27. The van der Waals surface area contributed by atoms with E-state index in [4.69, 9.17) is 15.9 Å². The minimum absolute atomic E-state index is 0.320. The predicted octanol–water partition coefficient (Wildman–Crippen LogP) is 3.31. The van der Waals surface area contributed by atoms with Gasteiger partial charge in [0, 0.05) is 23.1 Å². The molecule has 4 rings (SSSR count). The maximum absolute atomic E-state index is 12.2. The van der Waals surface area contributed by atoms with E-state index in [0.717, 1.165) is 15.1 Å². The van der Waals surface area contributed by atoms with Crippen molar-refractivity contribution < 1.29 is 14.3 Å². The molecule has 5 nitrogen and oxygen atoms in total. The highest BCUT2D eigenvalue weighted by Crippen LogP contribution is 2.35. The lowest BCUT2D eigenvalue weighted by atomic mass is 10.2. The Hall–Kier alpha value is -2.82. The molecule has 0 fully saturated rings. The van der Waals surface area contributed by atoms with Gasteiger partial charge in [-0.3, -0.25) is 4.79 Å². The van der Waals surface area contributed by atoms with Crippen LogP contribution in [-0.2, 0) is 11.3 Å². The van der Waals surface area contributed by atoms with E-state index in [-0.39, 0.29) is 5.91 Å². The van der Waals surface area contributed by atoms with Crippen LogP contribution in [0, 0.1) is 12.3 Å². The summed E-state index contributed by atoms with van der Waals surface area (Å²) >= 11 is 2.96. The van der Waals surface area contributed by atoms with E-state index < -0.39 is 0 Å². The zero-order valence-electron chi connectivity index (χ0n) is 13.7. The van der Waals surface area contributed by atoms with Gasteiger partial charge in [0.1, 0.15) is 13.2 Å². The quantitative estimate of drug-likeness (QED) is 0.516. The van der Waals surface area contributed by atoms with Gasteiger partial charge in [-0.2, -0.15) is 4.99 Å². The number of rotatable bonds is 3. The normalized spacial score (nSPS) is 14.0. The number of carbonyl (C=O) groups excluding carboxylic acids is 1. The van der Waals surface area contributed by atoms with Crippen LogP contribution < -0.4 is 14.3 Å². The Balaban J connectivity index is 1.77. The molecule has 1 aliphatic rings. The van der Waals surface area contributed by atoms with E-state index in [2.05, 4.69) is 10.9 Å². The van der Waals surface area contributed by atoms with Crippen LogP contribution in [0.5, 0.6) is 11.5 Å². The summed E-state index contributed by atoms with van der Waals surface area (Å²) < 4.78 is 14.1. The van der Waals surface area contributed by atoms with Crippen molar-refractivity contribution in [2.45, 2.75) is 6.54 Å². The van der Waals surface area contributed by atoms with Gasteiger partial charge in [0.25, 0.3) is 5.91 Å². The van der Waals surface area contributed by atoms with Crippen molar-refractivity contribution in [2.24, 2.45) is 4.99 Å². The first-order valence-electron chi connectivity index (χ1n) is 7.91. The number of hydrogen-bond acceptors (Lipinski definition) is 5. The summed E-state index contributed by atoms with van der Waals surface area (Å²) in [5, 5.41) is 1.96. The van der Waals surface area contributed by atoms with Crippen LogP contribution in [-0.4, -0.2) is 23.7 Å². The van der Waals surface area contributed by atoms with Gasteiger partial charge in [0.2, 0.25) is 0 Å². The zero-order chi connectivity index (χ0) is 17.9. The monoisotopic (exact) mass is 382 g/mol. The maximum Gasteiger partial charge on any atom is 0.272 e. The van der Waals surface area contributed by atoms with Crippen molar-refractivity contribution in [3.63, 3.8) is 0 Å². The molecule has 26 heavy (non-hydrogen) atoms. The molecule has 130 valence electrons. The Labute approximate surface area is 157 Å². The highest BCUT2D eigenvalue weighted by molar-refractivity contribution is 7.16. The van der Waals surface area contributed by atoms with Gasteiger partial charge in [-0.25, -0.2) is 0 Å². The van der Waals surface area contributed by atoms with Crippen molar-refractivity contribution in [1.82, 2.24) is 4.57 Å². The fourth-order valence-electron chi connectivity index (χ4n) is 2.61.